The fourth-order valence-corrected chi connectivity index (χ4v) is 3.91. The molecule has 0 saturated carbocycles. The van der Waals surface area contributed by atoms with Crippen molar-refractivity contribution in [3.8, 4) is 0 Å². The molecule has 3 aromatic rings. The third-order valence-corrected chi connectivity index (χ3v) is 5.63. The summed E-state index contributed by atoms with van der Waals surface area (Å²) in [5.74, 6) is 0.122. The van der Waals surface area contributed by atoms with Gasteiger partial charge in [-0.25, -0.2) is 0 Å². The van der Waals surface area contributed by atoms with Gasteiger partial charge in [-0.15, -0.1) is 0 Å². The molecule has 3 heterocycles. The number of carbonyl (C=O) groups is 1. The van der Waals surface area contributed by atoms with E-state index in [0.717, 1.165) is 73.5 Å². The van der Waals surface area contributed by atoms with Crippen LogP contribution in [0, 0.1) is 6.92 Å². The lowest BCUT2D eigenvalue weighted by Crippen LogP contribution is -2.39. The summed E-state index contributed by atoms with van der Waals surface area (Å²) in [5, 5.41) is 1.02. The molecule has 0 radical (unpaired) electrons. The third kappa shape index (κ3) is 5.26. The van der Waals surface area contributed by atoms with Crippen molar-refractivity contribution in [1.29, 1.82) is 0 Å². The van der Waals surface area contributed by atoms with Gasteiger partial charge in [0, 0.05) is 56.1 Å². The van der Waals surface area contributed by atoms with Gasteiger partial charge in [0.25, 0.3) is 0 Å². The summed E-state index contributed by atoms with van der Waals surface area (Å²) in [6.07, 6.45) is 6.57. The van der Waals surface area contributed by atoms with E-state index in [1.165, 1.54) is 0 Å². The maximum Gasteiger partial charge on any atom is 0.227 e. The molecule has 1 saturated heterocycles. The topological polar surface area (TPSA) is 58.8 Å². The number of fused-ring (bicyclic) bond motifs is 1. The van der Waals surface area contributed by atoms with Crippen LogP contribution in [0.5, 0.6) is 0 Å². The molecule has 0 bridgehead atoms. The summed E-state index contributed by atoms with van der Waals surface area (Å²) in [6.45, 7) is 7.89. The molecule has 158 valence electrons. The van der Waals surface area contributed by atoms with Crippen LogP contribution in [-0.4, -0.2) is 60.1 Å². The Labute approximate surface area is 177 Å². The van der Waals surface area contributed by atoms with Crippen molar-refractivity contribution >= 4 is 16.9 Å². The van der Waals surface area contributed by atoms with Gasteiger partial charge in [-0.3, -0.25) is 14.7 Å². The van der Waals surface area contributed by atoms with Gasteiger partial charge >= 0.3 is 0 Å². The Bertz CT molecular complexity index is 964. The van der Waals surface area contributed by atoms with Gasteiger partial charge in [-0.1, -0.05) is 12.1 Å². The molecule has 0 atom stereocenters. The number of aromatic nitrogens is 1. The zero-order valence-electron chi connectivity index (χ0n) is 17.5. The molecule has 1 aliphatic rings. The maximum absolute atomic E-state index is 13.2. The molecule has 6 nitrogen and oxygen atoms in total. The fraction of sp³-hybridized carbons (Fsp3) is 0.417. The Morgan fingerprint density at radius 2 is 1.97 bits per heavy atom. The summed E-state index contributed by atoms with van der Waals surface area (Å²) in [7, 11) is 0. The number of hydrogen-bond acceptors (Lipinski definition) is 5. The number of benzene rings is 1. The first-order valence-electron chi connectivity index (χ1n) is 10.6. The number of amides is 1. The van der Waals surface area contributed by atoms with Crippen molar-refractivity contribution in [3.05, 3.63) is 65.7 Å². The van der Waals surface area contributed by atoms with Gasteiger partial charge in [0.15, 0.2) is 0 Å². The largest absolute Gasteiger partial charge is 0.464 e. The Morgan fingerprint density at radius 3 is 2.77 bits per heavy atom. The zero-order valence-corrected chi connectivity index (χ0v) is 17.5. The van der Waals surface area contributed by atoms with E-state index in [1.54, 1.807) is 18.7 Å². The number of carbonyl (C=O) groups excluding carboxylic acids is 1. The van der Waals surface area contributed by atoms with Crippen molar-refractivity contribution in [1.82, 2.24) is 14.8 Å². The molecule has 1 aliphatic heterocycles. The van der Waals surface area contributed by atoms with E-state index in [0.29, 0.717) is 13.0 Å². The molecule has 30 heavy (non-hydrogen) atoms. The van der Waals surface area contributed by atoms with Crippen LogP contribution in [-0.2, 0) is 22.5 Å². The lowest BCUT2D eigenvalue weighted by atomic mass is 10.1. The molecule has 1 amide bonds. The predicted octanol–water partition coefficient (Wildman–Crippen LogP) is 3.43. The molecule has 6 heteroatoms. The second-order valence-corrected chi connectivity index (χ2v) is 7.92. The van der Waals surface area contributed by atoms with Crippen molar-refractivity contribution in [2.45, 2.75) is 26.3 Å². The maximum atomic E-state index is 13.2. The van der Waals surface area contributed by atoms with Crippen LogP contribution in [0.1, 0.15) is 23.1 Å². The van der Waals surface area contributed by atoms with Crippen LogP contribution in [0.25, 0.3) is 11.0 Å². The molecular formula is C24H29N3O3. The summed E-state index contributed by atoms with van der Waals surface area (Å²) in [4.78, 5) is 21.7. The van der Waals surface area contributed by atoms with E-state index in [2.05, 4.69) is 16.0 Å². The highest BCUT2D eigenvalue weighted by Gasteiger charge is 2.18. The second kappa shape index (κ2) is 9.87. The number of pyridine rings is 1. The number of hydrogen-bond donors (Lipinski definition) is 0. The first-order valence-corrected chi connectivity index (χ1v) is 10.6. The van der Waals surface area contributed by atoms with Gasteiger partial charge < -0.3 is 14.1 Å². The molecule has 0 unspecified atom stereocenters. The Balaban J connectivity index is 1.43. The minimum absolute atomic E-state index is 0.122. The smallest absolute Gasteiger partial charge is 0.227 e. The standard InChI is InChI=1S/C24H29N3O3/c1-19-3-4-22-21(18-30-23(22)15-19)16-24(28)27(17-20-5-7-25-8-6-20)10-2-9-26-11-13-29-14-12-26/h3-8,15,18H,2,9-14,16-17H2,1H3. The molecule has 4 rings (SSSR count). The molecule has 1 fully saturated rings. The lowest BCUT2D eigenvalue weighted by molar-refractivity contribution is -0.131. The molecular weight excluding hydrogens is 378 g/mol. The summed E-state index contributed by atoms with van der Waals surface area (Å²) in [6, 6.07) is 10.1. The van der Waals surface area contributed by atoms with E-state index in [9.17, 15) is 4.79 Å². The summed E-state index contributed by atoms with van der Waals surface area (Å²) in [5.41, 5.74) is 4.03. The van der Waals surface area contributed by atoms with Crippen LogP contribution in [0.15, 0.2) is 53.4 Å². The van der Waals surface area contributed by atoms with Crippen molar-refractivity contribution in [2.75, 3.05) is 39.4 Å². The Hall–Kier alpha value is -2.70. The monoisotopic (exact) mass is 407 g/mol. The lowest BCUT2D eigenvalue weighted by Gasteiger charge is -2.28. The van der Waals surface area contributed by atoms with Crippen molar-refractivity contribution < 1.29 is 13.9 Å². The van der Waals surface area contributed by atoms with Crippen LogP contribution < -0.4 is 0 Å². The first kappa shape index (κ1) is 20.6. The SMILES string of the molecule is Cc1ccc2c(CC(=O)N(CCCN3CCOCC3)Cc3ccncc3)coc2c1. The Kier molecular flexibility index (Phi) is 6.77. The summed E-state index contributed by atoms with van der Waals surface area (Å²) < 4.78 is 11.1. The first-order chi connectivity index (χ1) is 14.7. The van der Waals surface area contributed by atoms with Crippen LogP contribution in [0.3, 0.4) is 0 Å². The van der Waals surface area contributed by atoms with Gasteiger partial charge in [-0.2, -0.15) is 0 Å². The van der Waals surface area contributed by atoms with Crippen LogP contribution in [0.4, 0.5) is 0 Å². The number of morpholine rings is 1. The second-order valence-electron chi connectivity index (χ2n) is 7.92. The normalized spacial score (nSPS) is 14.8. The predicted molar refractivity (Wildman–Crippen MR) is 116 cm³/mol. The highest BCUT2D eigenvalue weighted by atomic mass is 16.5. The van der Waals surface area contributed by atoms with Gasteiger partial charge in [0.1, 0.15) is 5.58 Å². The highest BCUT2D eigenvalue weighted by Crippen LogP contribution is 2.23. The minimum atomic E-state index is 0.122. The number of aryl methyl sites for hydroxylation is 1. The van der Waals surface area contributed by atoms with Crippen molar-refractivity contribution in [2.24, 2.45) is 0 Å². The Morgan fingerprint density at radius 1 is 1.17 bits per heavy atom. The highest BCUT2D eigenvalue weighted by molar-refractivity contribution is 5.88. The van der Waals surface area contributed by atoms with Crippen LogP contribution in [0.2, 0.25) is 0 Å². The van der Waals surface area contributed by atoms with E-state index in [1.807, 2.05) is 36.1 Å². The minimum Gasteiger partial charge on any atom is -0.464 e. The quantitative estimate of drug-likeness (QED) is 0.573. The van der Waals surface area contributed by atoms with E-state index < -0.39 is 0 Å². The average Bonchev–Trinajstić information content (AvgIpc) is 3.16. The number of furan rings is 1. The number of ether oxygens (including phenoxy) is 1. The molecule has 0 aliphatic carbocycles. The fourth-order valence-electron chi connectivity index (χ4n) is 3.91. The summed E-state index contributed by atoms with van der Waals surface area (Å²) >= 11 is 0. The number of rotatable bonds is 8. The number of nitrogens with zero attached hydrogens (tertiary/aromatic N) is 3. The third-order valence-electron chi connectivity index (χ3n) is 5.63. The van der Waals surface area contributed by atoms with Crippen LogP contribution >= 0.6 is 0 Å². The average molecular weight is 408 g/mol. The molecule has 2 aromatic heterocycles. The molecule has 0 N–H and O–H groups in total. The van der Waals surface area contributed by atoms with Crippen molar-refractivity contribution in [3.63, 3.8) is 0 Å². The van der Waals surface area contributed by atoms with Gasteiger partial charge in [-0.05, 0) is 42.7 Å². The van der Waals surface area contributed by atoms with Gasteiger partial charge in [0.2, 0.25) is 5.91 Å². The van der Waals surface area contributed by atoms with E-state index >= 15 is 0 Å². The zero-order chi connectivity index (χ0) is 20.8. The van der Waals surface area contributed by atoms with E-state index in [4.69, 9.17) is 9.15 Å². The molecule has 0 spiro atoms. The van der Waals surface area contributed by atoms with Gasteiger partial charge in [0.05, 0.1) is 25.9 Å². The van der Waals surface area contributed by atoms with E-state index in [-0.39, 0.29) is 5.91 Å². The molecule has 1 aromatic carbocycles.